The van der Waals surface area contributed by atoms with Gasteiger partial charge in [0.05, 0.1) is 11.2 Å². The normalized spacial score (nSPS) is 14.1. The monoisotopic (exact) mass is 271 g/mol. The van der Waals surface area contributed by atoms with Crippen molar-refractivity contribution in [2.75, 3.05) is 23.9 Å². The Balaban J connectivity index is 2.85. The van der Waals surface area contributed by atoms with E-state index in [1.807, 2.05) is 6.26 Å². The van der Waals surface area contributed by atoms with Gasteiger partial charge < -0.3 is 10.4 Å². The number of carbonyl (C=O) groups excluding carboxylic acids is 1. The first-order valence-electron chi connectivity index (χ1n) is 5.62. The standard InChI is InChI=1S/C13H18FNO2S/c1-9(16)12-10(14)5-4-6-11(12)15-7-13(2,17)8-18-3/h4-6,15,17H,7-8H2,1-3H3/t13-/m0/s1. The maximum atomic E-state index is 13.5. The summed E-state index contributed by atoms with van der Waals surface area (Å²) >= 11 is 1.53. The highest BCUT2D eigenvalue weighted by atomic mass is 32.2. The molecule has 0 radical (unpaired) electrons. The summed E-state index contributed by atoms with van der Waals surface area (Å²) in [5, 5.41) is 12.9. The molecule has 0 aromatic heterocycles. The molecule has 1 rings (SSSR count). The van der Waals surface area contributed by atoms with Crippen molar-refractivity contribution in [2.45, 2.75) is 19.4 Å². The molecule has 0 amide bonds. The molecule has 0 aliphatic rings. The van der Waals surface area contributed by atoms with E-state index in [0.717, 1.165) is 0 Å². The Bertz CT molecular complexity index is 435. The minimum atomic E-state index is -0.903. The van der Waals surface area contributed by atoms with Gasteiger partial charge in [0.25, 0.3) is 0 Å². The number of ketones is 1. The lowest BCUT2D eigenvalue weighted by Gasteiger charge is -2.23. The lowest BCUT2D eigenvalue weighted by atomic mass is 10.1. The van der Waals surface area contributed by atoms with Crippen molar-refractivity contribution in [3.05, 3.63) is 29.6 Å². The number of anilines is 1. The van der Waals surface area contributed by atoms with Crippen molar-refractivity contribution in [2.24, 2.45) is 0 Å². The van der Waals surface area contributed by atoms with Crippen molar-refractivity contribution in [3.63, 3.8) is 0 Å². The molecule has 0 aliphatic heterocycles. The van der Waals surface area contributed by atoms with Crippen molar-refractivity contribution < 1.29 is 14.3 Å². The molecule has 100 valence electrons. The summed E-state index contributed by atoms with van der Waals surface area (Å²) < 4.78 is 13.5. The highest BCUT2D eigenvalue weighted by Crippen LogP contribution is 2.21. The van der Waals surface area contributed by atoms with Crippen LogP contribution in [-0.4, -0.2) is 35.0 Å². The summed E-state index contributed by atoms with van der Waals surface area (Å²) in [6.45, 7) is 3.28. The second-order valence-electron chi connectivity index (χ2n) is 4.50. The zero-order chi connectivity index (χ0) is 13.8. The maximum absolute atomic E-state index is 13.5. The third kappa shape index (κ3) is 3.99. The second-order valence-corrected chi connectivity index (χ2v) is 5.37. The van der Waals surface area contributed by atoms with Crippen LogP contribution in [0.1, 0.15) is 24.2 Å². The Labute approximate surface area is 111 Å². The van der Waals surface area contributed by atoms with Crippen LogP contribution < -0.4 is 5.32 Å². The van der Waals surface area contributed by atoms with Crippen LogP contribution in [0, 0.1) is 5.82 Å². The molecule has 5 heteroatoms. The molecule has 1 aromatic rings. The fourth-order valence-corrected chi connectivity index (χ4v) is 2.40. The van der Waals surface area contributed by atoms with E-state index in [4.69, 9.17) is 0 Å². The molecule has 0 heterocycles. The molecule has 2 N–H and O–H groups in total. The number of carbonyl (C=O) groups is 1. The van der Waals surface area contributed by atoms with Gasteiger partial charge in [-0.15, -0.1) is 0 Å². The average Bonchev–Trinajstić information content (AvgIpc) is 2.26. The predicted molar refractivity (Wildman–Crippen MR) is 73.9 cm³/mol. The minimum absolute atomic E-state index is 0.0393. The lowest BCUT2D eigenvalue weighted by Crippen LogP contribution is -2.36. The van der Waals surface area contributed by atoms with Crippen LogP contribution in [0.25, 0.3) is 0 Å². The van der Waals surface area contributed by atoms with Crippen molar-refractivity contribution in [1.82, 2.24) is 0 Å². The summed E-state index contributed by atoms with van der Waals surface area (Å²) in [5.41, 5.74) is -0.443. The minimum Gasteiger partial charge on any atom is -0.387 e. The number of halogens is 1. The summed E-state index contributed by atoms with van der Waals surface area (Å²) in [7, 11) is 0. The van der Waals surface area contributed by atoms with E-state index in [2.05, 4.69) is 5.32 Å². The third-order valence-electron chi connectivity index (χ3n) is 2.48. The molecule has 0 fully saturated rings. The zero-order valence-electron chi connectivity index (χ0n) is 10.8. The van der Waals surface area contributed by atoms with E-state index >= 15 is 0 Å². The molecule has 1 atom stereocenters. The van der Waals surface area contributed by atoms with Gasteiger partial charge in [-0.1, -0.05) is 6.07 Å². The molecule has 0 saturated carbocycles. The largest absolute Gasteiger partial charge is 0.387 e. The molecule has 0 aliphatic carbocycles. The van der Waals surface area contributed by atoms with Crippen LogP contribution in [0.15, 0.2) is 18.2 Å². The van der Waals surface area contributed by atoms with Gasteiger partial charge in [0.1, 0.15) is 5.82 Å². The van der Waals surface area contributed by atoms with Gasteiger partial charge in [-0.2, -0.15) is 11.8 Å². The molecular weight excluding hydrogens is 253 g/mol. The van der Waals surface area contributed by atoms with Gasteiger partial charge in [-0.25, -0.2) is 4.39 Å². The van der Waals surface area contributed by atoms with Gasteiger partial charge in [0.2, 0.25) is 0 Å². The Morgan fingerprint density at radius 2 is 2.22 bits per heavy atom. The molecular formula is C13H18FNO2S. The quantitative estimate of drug-likeness (QED) is 0.781. The smallest absolute Gasteiger partial charge is 0.164 e. The van der Waals surface area contributed by atoms with E-state index < -0.39 is 11.4 Å². The van der Waals surface area contributed by atoms with Crippen molar-refractivity contribution >= 4 is 23.2 Å². The van der Waals surface area contributed by atoms with E-state index in [9.17, 15) is 14.3 Å². The SMILES string of the molecule is CSC[C@@](C)(O)CNc1cccc(F)c1C(C)=O. The van der Waals surface area contributed by atoms with Crippen LogP contribution in [0.4, 0.5) is 10.1 Å². The number of hydrogen-bond acceptors (Lipinski definition) is 4. The lowest BCUT2D eigenvalue weighted by molar-refractivity contribution is 0.0984. The molecule has 1 aromatic carbocycles. The Morgan fingerprint density at radius 3 is 2.78 bits per heavy atom. The van der Waals surface area contributed by atoms with Gasteiger partial charge >= 0.3 is 0 Å². The Morgan fingerprint density at radius 1 is 1.56 bits per heavy atom. The van der Waals surface area contributed by atoms with Crippen LogP contribution in [-0.2, 0) is 0 Å². The second kappa shape index (κ2) is 6.20. The van der Waals surface area contributed by atoms with E-state index in [1.54, 1.807) is 13.0 Å². The highest BCUT2D eigenvalue weighted by Gasteiger charge is 2.21. The molecule has 0 saturated heterocycles. The van der Waals surface area contributed by atoms with Gasteiger partial charge in [-0.3, -0.25) is 4.79 Å². The highest BCUT2D eigenvalue weighted by molar-refractivity contribution is 7.98. The van der Waals surface area contributed by atoms with Crippen LogP contribution >= 0.6 is 11.8 Å². The Hall–Kier alpha value is -1.07. The van der Waals surface area contributed by atoms with Gasteiger partial charge in [-0.05, 0) is 32.2 Å². The molecule has 0 bridgehead atoms. The fraction of sp³-hybridized carbons (Fsp3) is 0.462. The van der Waals surface area contributed by atoms with Gasteiger partial charge in [0.15, 0.2) is 5.78 Å². The number of thioether (sulfide) groups is 1. The first-order valence-corrected chi connectivity index (χ1v) is 7.01. The number of nitrogens with one attached hydrogen (secondary N) is 1. The third-order valence-corrected chi connectivity index (χ3v) is 3.39. The molecule has 18 heavy (non-hydrogen) atoms. The number of aliphatic hydroxyl groups is 1. The van der Waals surface area contributed by atoms with Crippen molar-refractivity contribution in [1.29, 1.82) is 0 Å². The van der Waals surface area contributed by atoms with Crippen molar-refractivity contribution in [3.8, 4) is 0 Å². The fourth-order valence-electron chi connectivity index (χ4n) is 1.68. The van der Waals surface area contributed by atoms with E-state index in [0.29, 0.717) is 11.4 Å². The summed E-state index contributed by atoms with van der Waals surface area (Å²) in [4.78, 5) is 11.4. The van der Waals surface area contributed by atoms with E-state index in [-0.39, 0.29) is 17.9 Å². The number of benzene rings is 1. The van der Waals surface area contributed by atoms with Crippen LogP contribution in [0.5, 0.6) is 0 Å². The van der Waals surface area contributed by atoms with Crippen LogP contribution in [0.2, 0.25) is 0 Å². The summed E-state index contributed by atoms with van der Waals surface area (Å²) in [5.74, 6) is -0.317. The summed E-state index contributed by atoms with van der Waals surface area (Å²) in [6.07, 6.45) is 1.90. The zero-order valence-corrected chi connectivity index (χ0v) is 11.6. The number of hydrogen-bond donors (Lipinski definition) is 2. The van der Waals surface area contributed by atoms with Crippen LogP contribution in [0.3, 0.4) is 0 Å². The first kappa shape index (κ1) is 15.0. The number of Topliss-reactive ketones (excluding diaryl/α,β-unsaturated/α-hetero) is 1. The topological polar surface area (TPSA) is 49.3 Å². The average molecular weight is 271 g/mol. The number of rotatable bonds is 6. The first-order chi connectivity index (χ1) is 8.37. The molecule has 0 unspecified atom stereocenters. The summed E-state index contributed by atoms with van der Waals surface area (Å²) in [6, 6.07) is 4.42. The molecule has 3 nitrogen and oxygen atoms in total. The van der Waals surface area contributed by atoms with E-state index in [1.165, 1.54) is 30.8 Å². The predicted octanol–water partition coefficient (Wildman–Crippen LogP) is 2.55. The van der Waals surface area contributed by atoms with Gasteiger partial charge in [0, 0.05) is 18.0 Å². The Kier molecular flexibility index (Phi) is 5.16. The maximum Gasteiger partial charge on any atom is 0.164 e. The molecule has 0 spiro atoms.